The minimum absolute atomic E-state index is 0.0700. The van der Waals surface area contributed by atoms with Crippen molar-refractivity contribution >= 4 is 0 Å². The third-order valence-corrected chi connectivity index (χ3v) is 4.12. The van der Waals surface area contributed by atoms with Crippen LogP contribution < -0.4 is 0 Å². The van der Waals surface area contributed by atoms with Crippen molar-refractivity contribution in [3.63, 3.8) is 0 Å². The Kier molecular flexibility index (Phi) is 4.04. The quantitative estimate of drug-likeness (QED) is 0.779. The lowest BCUT2D eigenvalue weighted by atomic mass is 9.77. The molecule has 0 bridgehead atoms. The molecule has 1 saturated heterocycles. The maximum atomic E-state index is 10.2. The maximum absolute atomic E-state index is 10.2. The lowest BCUT2D eigenvalue weighted by molar-refractivity contribution is 0.0489. The van der Waals surface area contributed by atoms with E-state index in [1.54, 1.807) is 0 Å². The first-order chi connectivity index (χ1) is 7.25. The minimum Gasteiger partial charge on any atom is -0.393 e. The first-order valence-corrected chi connectivity index (χ1v) is 6.51. The number of rotatable bonds is 3. The molecule has 1 aliphatic heterocycles. The molecule has 1 saturated carbocycles. The van der Waals surface area contributed by atoms with Crippen LogP contribution in [-0.2, 0) is 4.74 Å². The fourth-order valence-electron chi connectivity index (χ4n) is 3.13. The first kappa shape index (κ1) is 11.4. The Balaban J connectivity index is 1.76. The number of ether oxygens (including phenoxy) is 1. The molecule has 0 aromatic rings. The molecular formula is C13H24O2. The summed E-state index contributed by atoms with van der Waals surface area (Å²) in [6.07, 6.45) is 7.18. The Morgan fingerprint density at radius 1 is 1.33 bits per heavy atom. The summed E-state index contributed by atoms with van der Waals surface area (Å²) >= 11 is 0. The summed E-state index contributed by atoms with van der Waals surface area (Å²) < 4.78 is 5.36. The number of aliphatic hydroxyl groups is 1. The molecule has 15 heavy (non-hydrogen) atoms. The van der Waals surface area contributed by atoms with E-state index < -0.39 is 0 Å². The van der Waals surface area contributed by atoms with Gasteiger partial charge in [-0.25, -0.2) is 0 Å². The van der Waals surface area contributed by atoms with Crippen LogP contribution in [0.3, 0.4) is 0 Å². The highest BCUT2D eigenvalue weighted by Crippen LogP contribution is 2.33. The van der Waals surface area contributed by atoms with E-state index in [0.717, 1.165) is 32.0 Å². The van der Waals surface area contributed by atoms with Crippen LogP contribution in [0.4, 0.5) is 0 Å². The molecule has 2 aliphatic rings. The van der Waals surface area contributed by atoms with Gasteiger partial charge in [-0.2, -0.15) is 0 Å². The Bertz CT molecular complexity index is 187. The third-order valence-electron chi connectivity index (χ3n) is 4.12. The molecule has 0 radical (unpaired) electrons. The zero-order valence-corrected chi connectivity index (χ0v) is 9.82. The van der Waals surface area contributed by atoms with Crippen molar-refractivity contribution in [3.05, 3.63) is 0 Å². The summed E-state index contributed by atoms with van der Waals surface area (Å²) in [5, 5.41) is 10.2. The van der Waals surface area contributed by atoms with Gasteiger partial charge in [-0.15, -0.1) is 0 Å². The van der Waals surface area contributed by atoms with Crippen molar-refractivity contribution in [1.29, 1.82) is 0 Å². The minimum atomic E-state index is -0.0700. The molecule has 4 unspecified atom stereocenters. The first-order valence-electron chi connectivity index (χ1n) is 6.51. The van der Waals surface area contributed by atoms with Gasteiger partial charge < -0.3 is 9.84 Å². The molecule has 2 rings (SSSR count). The second kappa shape index (κ2) is 5.31. The highest BCUT2D eigenvalue weighted by molar-refractivity contribution is 4.79. The van der Waals surface area contributed by atoms with Crippen LogP contribution in [-0.4, -0.2) is 24.4 Å². The summed E-state index contributed by atoms with van der Waals surface area (Å²) in [6.45, 7) is 4.09. The van der Waals surface area contributed by atoms with E-state index in [9.17, 15) is 5.11 Å². The summed E-state index contributed by atoms with van der Waals surface area (Å²) in [5.41, 5.74) is 0. The lowest BCUT2D eigenvalue weighted by Crippen LogP contribution is -2.28. The normalized spacial score (nSPS) is 39.2. The molecule has 1 aliphatic carbocycles. The van der Waals surface area contributed by atoms with E-state index in [1.165, 1.54) is 25.7 Å². The van der Waals surface area contributed by atoms with Gasteiger partial charge in [-0.05, 0) is 43.4 Å². The molecule has 4 atom stereocenters. The van der Waals surface area contributed by atoms with Gasteiger partial charge in [0, 0.05) is 13.2 Å². The van der Waals surface area contributed by atoms with E-state index in [2.05, 4.69) is 6.92 Å². The molecule has 1 N–H and O–H groups in total. The molecule has 2 heteroatoms. The predicted molar refractivity (Wildman–Crippen MR) is 60.7 cm³/mol. The van der Waals surface area contributed by atoms with Crippen LogP contribution in [0, 0.1) is 17.8 Å². The zero-order chi connectivity index (χ0) is 10.7. The topological polar surface area (TPSA) is 29.5 Å². The van der Waals surface area contributed by atoms with E-state index in [4.69, 9.17) is 4.74 Å². The van der Waals surface area contributed by atoms with E-state index in [-0.39, 0.29) is 6.10 Å². The summed E-state index contributed by atoms with van der Waals surface area (Å²) in [7, 11) is 0. The monoisotopic (exact) mass is 212 g/mol. The predicted octanol–water partition coefficient (Wildman–Crippen LogP) is 2.60. The van der Waals surface area contributed by atoms with Gasteiger partial charge in [-0.1, -0.05) is 19.8 Å². The third kappa shape index (κ3) is 3.18. The van der Waals surface area contributed by atoms with Crippen LogP contribution in [0.2, 0.25) is 0 Å². The smallest absolute Gasteiger partial charge is 0.0572 e. The van der Waals surface area contributed by atoms with Gasteiger partial charge in [0.2, 0.25) is 0 Å². The Hall–Kier alpha value is -0.0800. The maximum Gasteiger partial charge on any atom is 0.0572 e. The van der Waals surface area contributed by atoms with Crippen LogP contribution in [0.15, 0.2) is 0 Å². The molecule has 0 amide bonds. The Labute approximate surface area is 93.0 Å². The largest absolute Gasteiger partial charge is 0.393 e. The standard InChI is InChI=1S/C13H24O2/c1-10-3-2-4-12(7-10)13(14)8-11-5-6-15-9-11/h10-14H,2-9H2,1H3. The van der Waals surface area contributed by atoms with Crippen LogP contribution in [0.1, 0.15) is 45.4 Å². The van der Waals surface area contributed by atoms with Crippen molar-refractivity contribution in [1.82, 2.24) is 0 Å². The zero-order valence-electron chi connectivity index (χ0n) is 9.82. The highest BCUT2D eigenvalue weighted by Gasteiger charge is 2.28. The summed E-state index contributed by atoms with van der Waals surface area (Å²) in [6, 6.07) is 0. The Morgan fingerprint density at radius 2 is 2.20 bits per heavy atom. The molecule has 2 fully saturated rings. The van der Waals surface area contributed by atoms with Crippen molar-refractivity contribution in [2.24, 2.45) is 17.8 Å². The van der Waals surface area contributed by atoms with Gasteiger partial charge >= 0.3 is 0 Å². The second-order valence-corrected chi connectivity index (χ2v) is 5.56. The molecule has 2 nitrogen and oxygen atoms in total. The summed E-state index contributed by atoms with van der Waals surface area (Å²) in [4.78, 5) is 0. The average Bonchev–Trinajstić information content (AvgIpc) is 2.70. The van der Waals surface area contributed by atoms with Crippen molar-refractivity contribution in [2.75, 3.05) is 13.2 Å². The van der Waals surface area contributed by atoms with Gasteiger partial charge in [0.05, 0.1) is 6.10 Å². The van der Waals surface area contributed by atoms with Gasteiger partial charge in [0.1, 0.15) is 0 Å². The molecular weight excluding hydrogens is 188 g/mol. The van der Waals surface area contributed by atoms with E-state index in [1.807, 2.05) is 0 Å². The van der Waals surface area contributed by atoms with Gasteiger partial charge in [0.15, 0.2) is 0 Å². The average molecular weight is 212 g/mol. The molecule has 0 aromatic carbocycles. The van der Waals surface area contributed by atoms with Crippen molar-refractivity contribution in [3.8, 4) is 0 Å². The SMILES string of the molecule is CC1CCCC(C(O)CC2CCOC2)C1. The molecule has 88 valence electrons. The molecule has 0 spiro atoms. The lowest BCUT2D eigenvalue weighted by Gasteiger charge is -2.31. The van der Waals surface area contributed by atoms with Crippen LogP contribution in [0.25, 0.3) is 0 Å². The van der Waals surface area contributed by atoms with Gasteiger partial charge in [0.25, 0.3) is 0 Å². The van der Waals surface area contributed by atoms with Crippen LogP contribution in [0.5, 0.6) is 0 Å². The second-order valence-electron chi connectivity index (χ2n) is 5.56. The van der Waals surface area contributed by atoms with Crippen molar-refractivity contribution in [2.45, 2.75) is 51.6 Å². The van der Waals surface area contributed by atoms with E-state index in [0.29, 0.717) is 11.8 Å². The Morgan fingerprint density at radius 3 is 2.87 bits per heavy atom. The number of hydrogen-bond acceptors (Lipinski definition) is 2. The van der Waals surface area contributed by atoms with Crippen LogP contribution >= 0.6 is 0 Å². The summed E-state index contributed by atoms with van der Waals surface area (Å²) in [5.74, 6) is 2.00. The molecule has 0 aromatic heterocycles. The van der Waals surface area contributed by atoms with Crippen molar-refractivity contribution < 1.29 is 9.84 Å². The fraction of sp³-hybridized carbons (Fsp3) is 1.00. The van der Waals surface area contributed by atoms with Gasteiger partial charge in [-0.3, -0.25) is 0 Å². The highest BCUT2D eigenvalue weighted by atomic mass is 16.5. The number of aliphatic hydroxyl groups excluding tert-OH is 1. The molecule has 1 heterocycles. The fourth-order valence-corrected chi connectivity index (χ4v) is 3.13. The van der Waals surface area contributed by atoms with E-state index >= 15 is 0 Å². The number of hydrogen-bond donors (Lipinski definition) is 1.